The quantitative estimate of drug-likeness (QED) is 0.701. The summed E-state index contributed by atoms with van der Waals surface area (Å²) in [7, 11) is 1.68. The Hall–Kier alpha value is -0.690. The first-order valence-electron chi connectivity index (χ1n) is 7.08. The Labute approximate surface area is 114 Å². The summed E-state index contributed by atoms with van der Waals surface area (Å²) in [6.45, 7) is 6.65. The number of carbonyl (C=O) groups excluding carboxylic acids is 1. The highest BCUT2D eigenvalue weighted by molar-refractivity contribution is 5.81. The number of nitrogens with zero attached hydrogens (tertiary/aromatic N) is 1. The Morgan fingerprint density at radius 2 is 2.21 bits per heavy atom. The van der Waals surface area contributed by atoms with Gasteiger partial charge in [0.25, 0.3) is 0 Å². The molecule has 110 valence electrons. The molecule has 2 fully saturated rings. The first-order valence-corrected chi connectivity index (χ1v) is 7.08. The maximum atomic E-state index is 11.9. The summed E-state index contributed by atoms with van der Waals surface area (Å²) in [5.74, 6) is 0.0411. The van der Waals surface area contributed by atoms with Crippen LogP contribution >= 0.6 is 0 Å². The fraction of sp³-hybridized carbons (Fsp3) is 0.923. The molecule has 19 heavy (non-hydrogen) atoms. The molecule has 2 rings (SSSR count). The van der Waals surface area contributed by atoms with Crippen molar-refractivity contribution in [1.29, 1.82) is 0 Å². The third-order valence-corrected chi connectivity index (χ3v) is 3.91. The summed E-state index contributed by atoms with van der Waals surface area (Å²) >= 11 is 0. The van der Waals surface area contributed by atoms with Gasteiger partial charge in [-0.2, -0.15) is 0 Å². The number of carbonyl (C=O) groups is 1. The van der Waals surface area contributed by atoms with Crippen LogP contribution in [0.1, 0.15) is 13.3 Å². The Morgan fingerprint density at radius 1 is 1.42 bits per heavy atom. The van der Waals surface area contributed by atoms with Crippen molar-refractivity contribution in [2.75, 3.05) is 46.6 Å². The number of likely N-dealkylation sites (N-methyl/N-ethyl adjacent to an activating group) is 1. The number of hydrogen-bond donors (Lipinski definition) is 2. The molecule has 0 bridgehead atoms. The van der Waals surface area contributed by atoms with Gasteiger partial charge in [0.2, 0.25) is 5.91 Å². The Balaban J connectivity index is 1.90. The van der Waals surface area contributed by atoms with Crippen molar-refractivity contribution in [3.8, 4) is 0 Å². The summed E-state index contributed by atoms with van der Waals surface area (Å²) in [5.41, 5.74) is 0. The maximum Gasteiger partial charge on any atom is 0.239 e. The molecule has 2 N–H and O–H groups in total. The zero-order valence-corrected chi connectivity index (χ0v) is 11.9. The number of hydrogen-bond acceptors (Lipinski definition) is 5. The van der Waals surface area contributed by atoms with E-state index < -0.39 is 0 Å². The van der Waals surface area contributed by atoms with Crippen molar-refractivity contribution < 1.29 is 14.3 Å². The molecule has 0 aromatic rings. The molecule has 2 aliphatic heterocycles. The van der Waals surface area contributed by atoms with E-state index in [4.69, 9.17) is 9.47 Å². The fourth-order valence-corrected chi connectivity index (χ4v) is 2.86. The van der Waals surface area contributed by atoms with Crippen LogP contribution in [0.5, 0.6) is 0 Å². The Bertz CT molecular complexity index is 295. The van der Waals surface area contributed by atoms with Crippen molar-refractivity contribution >= 4 is 5.91 Å². The van der Waals surface area contributed by atoms with Gasteiger partial charge in [-0.15, -0.1) is 0 Å². The topological polar surface area (TPSA) is 62.8 Å². The predicted octanol–water partition coefficient (Wildman–Crippen LogP) is -0.800. The maximum absolute atomic E-state index is 11.9. The molecular formula is C13H25N3O3. The van der Waals surface area contributed by atoms with E-state index in [-0.39, 0.29) is 11.9 Å². The molecule has 1 amide bonds. The van der Waals surface area contributed by atoms with Gasteiger partial charge in [0.15, 0.2) is 0 Å². The third-order valence-electron chi connectivity index (χ3n) is 3.91. The largest absolute Gasteiger partial charge is 0.379 e. The minimum atomic E-state index is -0.168. The Morgan fingerprint density at radius 3 is 2.89 bits per heavy atom. The number of morpholine rings is 2. The summed E-state index contributed by atoms with van der Waals surface area (Å²) in [6, 6.07) is 0.556. The number of amides is 1. The van der Waals surface area contributed by atoms with Crippen LogP contribution in [0.3, 0.4) is 0 Å². The van der Waals surface area contributed by atoms with Crippen LogP contribution in [0.25, 0.3) is 0 Å². The SMILES string of the molecule is CNC(=O)C1COCCN1C(C)CC1COCCN1. The van der Waals surface area contributed by atoms with Gasteiger partial charge in [-0.3, -0.25) is 9.69 Å². The van der Waals surface area contributed by atoms with Crippen molar-refractivity contribution in [2.45, 2.75) is 31.5 Å². The van der Waals surface area contributed by atoms with Gasteiger partial charge in [0.05, 0.1) is 26.4 Å². The van der Waals surface area contributed by atoms with Gasteiger partial charge in [-0.1, -0.05) is 0 Å². The molecule has 6 nitrogen and oxygen atoms in total. The second-order valence-electron chi connectivity index (χ2n) is 5.25. The first kappa shape index (κ1) is 14.7. The first-order chi connectivity index (χ1) is 9.22. The average molecular weight is 271 g/mol. The molecule has 0 radical (unpaired) electrons. The monoisotopic (exact) mass is 271 g/mol. The average Bonchev–Trinajstić information content (AvgIpc) is 2.47. The second kappa shape index (κ2) is 7.19. The lowest BCUT2D eigenvalue weighted by Crippen LogP contribution is -2.57. The van der Waals surface area contributed by atoms with Gasteiger partial charge in [-0.25, -0.2) is 0 Å². The van der Waals surface area contributed by atoms with Crippen LogP contribution in [0.15, 0.2) is 0 Å². The van der Waals surface area contributed by atoms with E-state index in [2.05, 4.69) is 22.5 Å². The van der Waals surface area contributed by atoms with Crippen molar-refractivity contribution in [3.05, 3.63) is 0 Å². The van der Waals surface area contributed by atoms with Crippen LogP contribution in [-0.2, 0) is 14.3 Å². The Kier molecular flexibility index (Phi) is 5.57. The van der Waals surface area contributed by atoms with Gasteiger partial charge < -0.3 is 20.1 Å². The zero-order chi connectivity index (χ0) is 13.7. The molecule has 0 spiro atoms. The van der Waals surface area contributed by atoms with E-state index in [9.17, 15) is 4.79 Å². The molecule has 3 atom stereocenters. The van der Waals surface area contributed by atoms with E-state index in [1.54, 1.807) is 7.05 Å². The summed E-state index contributed by atoms with van der Waals surface area (Å²) in [6.07, 6.45) is 0.994. The summed E-state index contributed by atoms with van der Waals surface area (Å²) in [5, 5.41) is 6.19. The molecular weight excluding hydrogens is 246 g/mol. The van der Waals surface area contributed by atoms with E-state index in [0.717, 1.165) is 32.7 Å². The highest BCUT2D eigenvalue weighted by Crippen LogP contribution is 2.16. The van der Waals surface area contributed by atoms with Crippen molar-refractivity contribution in [3.63, 3.8) is 0 Å². The van der Waals surface area contributed by atoms with E-state index in [1.807, 2.05) is 0 Å². The fourth-order valence-electron chi connectivity index (χ4n) is 2.86. The molecule has 2 saturated heterocycles. The van der Waals surface area contributed by atoms with Gasteiger partial charge in [-0.05, 0) is 13.3 Å². The standard InChI is InChI=1S/C13H25N3O3/c1-10(7-11-8-18-5-3-15-11)16-4-6-19-9-12(16)13(17)14-2/h10-12,15H,3-9H2,1-2H3,(H,14,17). The lowest BCUT2D eigenvalue weighted by Gasteiger charge is -2.40. The molecule has 2 heterocycles. The second-order valence-corrected chi connectivity index (χ2v) is 5.25. The minimum absolute atomic E-state index is 0.0411. The molecule has 0 aromatic carbocycles. The van der Waals surface area contributed by atoms with E-state index in [1.165, 1.54) is 0 Å². The smallest absolute Gasteiger partial charge is 0.239 e. The van der Waals surface area contributed by atoms with Crippen LogP contribution < -0.4 is 10.6 Å². The highest BCUT2D eigenvalue weighted by Gasteiger charge is 2.33. The molecule has 0 aliphatic carbocycles. The summed E-state index contributed by atoms with van der Waals surface area (Å²) < 4.78 is 10.9. The van der Waals surface area contributed by atoms with E-state index >= 15 is 0 Å². The van der Waals surface area contributed by atoms with Crippen molar-refractivity contribution in [1.82, 2.24) is 15.5 Å². The van der Waals surface area contributed by atoms with Crippen molar-refractivity contribution in [2.24, 2.45) is 0 Å². The lowest BCUT2D eigenvalue weighted by atomic mass is 10.0. The molecule has 3 unspecified atom stereocenters. The zero-order valence-electron chi connectivity index (χ0n) is 11.9. The van der Waals surface area contributed by atoms with Crippen LogP contribution in [0.4, 0.5) is 0 Å². The van der Waals surface area contributed by atoms with Gasteiger partial charge in [0.1, 0.15) is 6.04 Å². The van der Waals surface area contributed by atoms with Crippen LogP contribution in [0.2, 0.25) is 0 Å². The third kappa shape index (κ3) is 3.89. The summed E-state index contributed by atoms with van der Waals surface area (Å²) in [4.78, 5) is 14.1. The molecule has 0 saturated carbocycles. The normalized spacial score (nSPS) is 30.8. The van der Waals surface area contributed by atoms with Crippen LogP contribution in [-0.4, -0.2) is 75.5 Å². The highest BCUT2D eigenvalue weighted by atomic mass is 16.5. The van der Waals surface area contributed by atoms with Gasteiger partial charge >= 0.3 is 0 Å². The molecule has 2 aliphatic rings. The number of rotatable bonds is 4. The minimum Gasteiger partial charge on any atom is -0.379 e. The lowest BCUT2D eigenvalue weighted by molar-refractivity contribution is -0.134. The number of ether oxygens (including phenoxy) is 2. The van der Waals surface area contributed by atoms with Gasteiger partial charge in [0, 0.05) is 32.2 Å². The number of nitrogens with one attached hydrogen (secondary N) is 2. The van der Waals surface area contributed by atoms with Crippen LogP contribution in [0, 0.1) is 0 Å². The molecule has 6 heteroatoms. The molecule has 0 aromatic heterocycles. The van der Waals surface area contributed by atoms with E-state index in [0.29, 0.717) is 25.3 Å². The predicted molar refractivity (Wildman–Crippen MR) is 72.1 cm³/mol.